The van der Waals surface area contributed by atoms with Crippen LogP contribution in [0.3, 0.4) is 0 Å². The Hall–Kier alpha value is -3.16. The maximum atomic E-state index is 13.4. The lowest BCUT2D eigenvalue weighted by molar-refractivity contribution is -0.230. The molecule has 0 unspecified atom stereocenters. The molecular weight excluding hydrogens is 477 g/mol. The summed E-state index contributed by atoms with van der Waals surface area (Å²) < 4.78 is 72.2. The number of anilines is 1. The number of hydrogen-bond donors (Lipinski definition) is 1. The zero-order valence-electron chi connectivity index (χ0n) is 18.2. The Morgan fingerprint density at radius 2 is 2.03 bits per heavy atom. The molecule has 1 aromatic carbocycles. The van der Waals surface area contributed by atoms with Crippen LogP contribution in [0.2, 0.25) is 0 Å². The van der Waals surface area contributed by atoms with E-state index in [-0.39, 0.29) is 22.6 Å². The molecule has 182 valence electrons. The van der Waals surface area contributed by atoms with E-state index < -0.39 is 34.1 Å². The number of alkyl halides is 3. The van der Waals surface area contributed by atoms with Crippen LogP contribution in [0.1, 0.15) is 12.5 Å². The first-order chi connectivity index (χ1) is 15.8. The minimum absolute atomic E-state index is 0.0896. The second kappa shape index (κ2) is 8.25. The number of aryl methyl sites for hydroxylation is 1. The van der Waals surface area contributed by atoms with E-state index in [9.17, 15) is 26.4 Å². The number of imidazole rings is 1. The fraction of sp³-hybridized carbons (Fsp3) is 0.333. The molecule has 0 radical (unpaired) electrons. The van der Waals surface area contributed by atoms with Crippen LogP contribution in [0.25, 0.3) is 16.9 Å². The molecule has 0 bridgehead atoms. The number of halogens is 3. The van der Waals surface area contributed by atoms with Crippen molar-refractivity contribution in [3.63, 3.8) is 0 Å². The Kier molecular flexibility index (Phi) is 5.82. The predicted molar refractivity (Wildman–Crippen MR) is 115 cm³/mol. The van der Waals surface area contributed by atoms with Crippen LogP contribution in [0.5, 0.6) is 0 Å². The maximum absolute atomic E-state index is 13.4. The molecule has 1 aliphatic heterocycles. The smallest absolute Gasteiger partial charge is 0.396 e. The number of nitrogens with two attached hydrogens (primary N) is 1. The number of ether oxygens (including phenoxy) is 1. The van der Waals surface area contributed by atoms with Crippen molar-refractivity contribution in [1.82, 2.24) is 13.9 Å². The summed E-state index contributed by atoms with van der Waals surface area (Å²) in [6, 6.07) is 7.40. The van der Waals surface area contributed by atoms with Crippen LogP contribution in [-0.2, 0) is 24.4 Å². The van der Waals surface area contributed by atoms with Crippen molar-refractivity contribution in [2.45, 2.75) is 24.9 Å². The molecular formula is C21H21F3N4O5S. The highest BCUT2D eigenvalue weighted by Crippen LogP contribution is 2.33. The van der Waals surface area contributed by atoms with E-state index in [2.05, 4.69) is 9.82 Å². The van der Waals surface area contributed by atoms with Crippen LogP contribution >= 0.6 is 0 Å². The number of fused-ring (bicyclic) bond motifs is 1. The highest BCUT2D eigenvalue weighted by atomic mass is 32.2. The topological polar surface area (TPSA) is 116 Å². The van der Waals surface area contributed by atoms with Gasteiger partial charge in [0, 0.05) is 17.2 Å². The standard InChI is InChI=1S/C21H21F3N4O5S/c1-13-5-6-14(8-15(13)17-9-26-18-16(25)4-3-7-27(17)18)34(30,31)28(10-20(2)11-32-12-20)33-19(29)21(22,23)24/h3-9H,10-12,25H2,1-2H3. The van der Waals surface area contributed by atoms with Crippen molar-refractivity contribution < 1.29 is 36.0 Å². The van der Waals surface area contributed by atoms with E-state index >= 15 is 0 Å². The van der Waals surface area contributed by atoms with E-state index in [0.29, 0.717) is 28.2 Å². The van der Waals surface area contributed by atoms with E-state index in [4.69, 9.17) is 10.5 Å². The number of hydroxylamine groups is 1. The molecule has 2 aromatic heterocycles. The fourth-order valence-electron chi connectivity index (χ4n) is 3.55. The van der Waals surface area contributed by atoms with Gasteiger partial charge in [-0.2, -0.15) is 13.2 Å². The number of rotatable bonds is 6. The number of nitrogen functional groups attached to an aromatic ring is 1. The second-order valence-electron chi connectivity index (χ2n) is 8.42. The van der Waals surface area contributed by atoms with E-state index in [1.807, 2.05) is 0 Å². The van der Waals surface area contributed by atoms with Gasteiger partial charge in [-0.1, -0.05) is 13.0 Å². The Morgan fingerprint density at radius 3 is 2.65 bits per heavy atom. The third-order valence-electron chi connectivity index (χ3n) is 5.44. The lowest BCUT2D eigenvalue weighted by Gasteiger charge is -2.40. The summed E-state index contributed by atoms with van der Waals surface area (Å²) in [5.74, 6) is -2.63. The van der Waals surface area contributed by atoms with Gasteiger partial charge in [0.05, 0.1) is 42.2 Å². The molecule has 1 aliphatic rings. The Bertz CT molecular complexity index is 1370. The molecule has 0 spiro atoms. The highest BCUT2D eigenvalue weighted by molar-refractivity contribution is 7.89. The molecule has 3 aromatic rings. The number of benzene rings is 1. The SMILES string of the molecule is Cc1ccc(S(=O)(=O)N(CC2(C)COC2)OC(=O)C(F)(F)F)cc1-c1cnc2c(N)cccn12. The zero-order valence-corrected chi connectivity index (χ0v) is 19.0. The quantitative estimate of drug-likeness (QED) is 0.520. The van der Waals surface area contributed by atoms with Gasteiger partial charge in [0.25, 0.3) is 10.0 Å². The molecule has 13 heteroatoms. The van der Waals surface area contributed by atoms with Gasteiger partial charge in [-0.15, -0.1) is 0 Å². The summed E-state index contributed by atoms with van der Waals surface area (Å²) in [5, 5.41) is 0. The number of aromatic nitrogens is 2. The molecule has 0 aliphatic carbocycles. The third kappa shape index (κ3) is 4.33. The molecule has 1 fully saturated rings. The third-order valence-corrected chi connectivity index (χ3v) is 7.03. The van der Waals surface area contributed by atoms with Gasteiger partial charge in [-0.25, -0.2) is 18.2 Å². The van der Waals surface area contributed by atoms with Gasteiger partial charge in [-0.05, 0) is 41.2 Å². The van der Waals surface area contributed by atoms with Gasteiger partial charge in [0.15, 0.2) is 5.65 Å². The first-order valence-electron chi connectivity index (χ1n) is 10.0. The van der Waals surface area contributed by atoms with E-state index in [0.717, 1.165) is 0 Å². The summed E-state index contributed by atoms with van der Waals surface area (Å²) in [7, 11) is -4.68. The predicted octanol–water partition coefficient (Wildman–Crippen LogP) is 2.94. The van der Waals surface area contributed by atoms with Crippen molar-refractivity contribution in [2.24, 2.45) is 5.41 Å². The molecule has 2 N–H and O–H groups in total. The summed E-state index contributed by atoms with van der Waals surface area (Å²) in [4.78, 5) is 19.8. The average molecular weight is 498 g/mol. The monoisotopic (exact) mass is 498 g/mol. The first kappa shape index (κ1) is 24.0. The molecule has 1 saturated heterocycles. The van der Waals surface area contributed by atoms with E-state index in [1.54, 1.807) is 36.6 Å². The van der Waals surface area contributed by atoms with Gasteiger partial charge in [-0.3, -0.25) is 4.40 Å². The lowest BCUT2D eigenvalue weighted by atomic mass is 9.89. The lowest BCUT2D eigenvalue weighted by Crippen LogP contribution is -2.51. The Labute approximate surface area is 192 Å². The number of hydrogen-bond acceptors (Lipinski definition) is 7. The second-order valence-corrected chi connectivity index (χ2v) is 10.3. The van der Waals surface area contributed by atoms with Crippen molar-refractivity contribution in [2.75, 3.05) is 25.5 Å². The number of nitrogens with zero attached hydrogens (tertiary/aromatic N) is 3. The largest absolute Gasteiger partial charge is 0.492 e. The number of sulfonamides is 1. The first-order valence-corrected chi connectivity index (χ1v) is 11.5. The van der Waals surface area contributed by atoms with Crippen LogP contribution in [0.4, 0.5) is 18.9 Å². The van der Waals surface area contributed by atoms with Gasteiger partial charge < -0.3 is 15.3 Å². The fourth-order valence-corrected chi connectivity index (χ4v) is 4.94. The van der Waals surface area contributed by atoms with Crippen LogP contribution < -0.4 is 5.73 Å². The summed E-state index contributed by atoms with van der Waals surface area (Å²) in [5.41, 5.74) is 7.67. The maximum Gasteiger partial charge on any atom is 0.492 e. The minimum atomic E-state index is -5.38. The normalized spacial score (nSPS) is 15.9. The van der Waals surface area contributed by atoms with Gasteiger partial charge >= 0.3 is 12.1 Å². The summed E-state index contributed by atoms with van der Waals surface area (Å²) in [6.45, 7) is 3.05. The molecule has 0 amide bonds. The average Bonchev–Trinajstić information content (AvgIpc) is 3.16. The van der Waals surface area contributed by atoms with Crippen LogP contribution in [0, 0.1) is 12.3 Å². The molecule has 34 heavy (non-hydrogen) atoms. The Morgan fingerprint density at radius 1 is 1.32 bits per heavy atom. The molecule has 4 rings (SSSR count). The van der Waals surface area contributed by atoms with Gasteiger partial charge in [0.2, 0.25) is 0 Å². The number of carbonyl (C=O) groups excluding carboxylic acids is 1. The zero-order chi connectivity index (χ0) is 24.9. The van der Waals surface area contributed by atoms with Crippen molar-refractivity contribution in [3.8, 4) is 11.3 Å². The van der Waals surface area contributed by atoms with Crippen molar-refractivity contribution in [1.29, 1.82) is 0 Å². The van der Waals surface area contributed by atoms with Crippen LogP contribution in [-0.4, -0.2) is 54.2 Å². The van der Waals surface area contributed by atoms with Crippen molar-refractivity contribution in [3.05, 3.63) is 48.3 Å². The van der Waals surface area contributed by atoms with Crippen LogP contribution in [0.15, 0.2) is 47.6 Å². The highest BCUT2D eigenvalue weighted by Gasteiger charge is 2.47. The van der Waals surface area contributed by atoms with E-state index in [1.165, 1.54) is 24.4 Å². The number of pyridine rings is 1. The van der Waals surface area contributed by atoms with Gasteiger partial charge in [0.1, 0.15) is 0 Å². The van der Waals surface area contributed by atoms with Crippen molar-refractivity contribution >= 4 is 27.3 Å². The molecule has 0 atom stereocenters. The molecule has 9 nitrogen and oxygen atoms in total. The summed E-state index contributed by atoms with van der Waals surface area (Å²) in [6.07, 6.45) is -2.16. The summed E-state index contributed by atoms with van der Waals surface area (Å²) >= 11 is 0. The molecule has 3 heterocycles. The number of carbonyl (C=O) groups is 1. The minimum Gasteiger partial charge on any atom is -0.396 e. The Balaban J connectivity index is 1.77. The molecule has 0 saturated carbocycles.